The molecule has 0 spiro atoms. The predicted molar refractivity (Wildman–Crippen MR) is 54.1 cm³/mol. The van der Waals surface area contributed by atoms with Gasteiger partial charge in [0.25, 0.3) is 0 Å². The second kappa shape index (κ2) is 3.26. The van der Waals surface area contributed by atoms with E-state index >= 15 is 0 Å². The molecular formula is C11H15NO2. The van der Waals surface area contributed by atoms with Crippen LogP contribution in [0.4, 0.5) is 0 Å². The average Bonchev–Trinajstić information content (AvgIpc) is 2.20. The number of fused-ring (bicyclic) bond motifs is 1. The van der Waals surface area contributed by atoms with E-state index in [0.717, 1.165) is 17.5 Å². The second-order valence-electron chi connectivity index (χ2n) is 4.02. The van der Waals surface area contributed by atoms with Gasteiger partial charge >= 0.3 is 0 Å². The Balaban J connectivity index is 2.38. The summed E-state index contributed by atoms with van der Waals surface area (Å²) < 4.78 is 0. The zero-order valence-corrected chi connectivity index (χ0v) is 8.03. The molecule has 1 aliphatic rings. The zero-order valence-electron chi connectivity index (χ0n) is 8.03. The molecule has 0 radical (unpaired) electrons. The van der Waals surface area contributed by atoms with E-state index in [4.69, 9.17) is 5.73 Å². The first-order valence-corrected chi connectivity index (χ1v) is 4.87. The molecule has 14 heavy (non-hydrogen) atoms. The summed E-state index contributed by atoms with van der Waals surface area (Å²) in [5.74, 6) is 0.272. The Morgan fingerprint density at radius 1 is 1.43 bits per heavy atom. The topological polar surface area (TPSA) is 66.5 Å². The zero-order chi connectivity index (χ0) is 10.2. The minimum absolute atomic E-state index is 0.251. The number of benzene rings is 1. The van der Waals surface area contributed by atoms with Crippen molar-refractivity contribution >= 4 is 0 Å². The molecule has 4 N–H and O–H groups in total. The van der Waals surface area contributed by atoms with Gasteiger partial charge in [0.05, 0.1) is 5.60 Å². The number of rotatable bonds is 1. The van der Waals surface area contributed by atoms with Crippen LogP contribution < -0.4 is 5.73 Å². The van der Waals surface area contributed by atoms with Crippen molar-refractivity contribution in [2.45, 2.75) is 24.9 Å². The third kappa shape index (κ3) is 1.49. The Morgan fingerprint density at radius 3 is 2.93 bits per heavy atom. The van der Waals surface area contributed by atoms with Crippen LogP contribution in [0.25, 0.3) is 0 Å². The molecule has 0 saturated heterocycles. The van der Waals surface area contributed by atoms with Gasteiger partial charge in [-0.15, -0.1) is 0 Å². The van der Waals surface area contributed by atoms with Gasteiger partial charge < -0.3 is 15.9 Å². The fourth-order valence-corrected chi connectivity index (χ4v) is 2.02. The Bertz CT molecular complexity index is 351. The maximum Gasteiger partial charge on any atom is 0.119 e. The fraction of sp³-hybridized carbons (Fsp3) is 0.455. The lowest BCUT2D eigenvalue weighted by Gasteiger charge is -2.32. The van der Waals surface area contributed by atoms with Crippen molar-refractivity contribution in [2.24, 2.45) is 5.73 Å². The summed E-state index contributed by atoms with van der Waals surface area (Å²) in [4.78, 5) is 0. The molecule has 0 amide bonds. The summed E-state index contributed by atoms with van der Waals surface area (Å²) in [5, 5.41) is 19.6. The lowest BCUT2D eigenvalue weighted by atomic mass is 9.80. The molecule has 3 nitrogen and oxygen atoms in total. The molecule has 3 heteroatoms. The molecule has 1 atom stereocenters. The molecule has 76 valence electrons. The molecule has 1 aliphatic carbocycles. The van der Waals surface area contributed by atoms with E-state index in [2.05, 4.69) is 0 Å². The van der Waals surface area contributed by atoms with E-state index in [1.807, 2.05) is 12.1 Å². The lowest BCUT2D eigenvalue weighted by Crippen LogP contribution is -2.42. The summed E-state index contributed by atoms with van der Waals surface area (Å²) in [5.41, 5.74) is 6.67. The number of hydrogen-bond donors (Lipinski definition) is 3. The molecular weight excluding hydrogens is 178 g/mol. The normalized spacial score (nSPS) is 25.9. The summed E-state index contributed by atoms with van der Waals surface area (Å²) in [6, 6.07) is 5.48. The van der Waals surface area contributed by atoms with Gasteiger partial charge in [-0.2, -0.15) is 0 Å². The van der Waals surface area contributed by atoms with Crippen molar-refractivity contribution in [3.8, 4) is 5.75 Å². The number of phenolic OH excluding ortho intramolecular Hbond substituents is 1. The Kier molecular flexibility index (Phi) is 2.21. The van der Waals surface area contributed by atoms with Crippen LogP contribution in [0.3, 0.4) is 0 Å². The summed E-state index contributed by atoms with van der Waals surface area (Å²) in [7, 11) is 0. The van der Waals surface area contributed by atoms with Crippen molar-refractivity contribution in [1.82, 2.24) is 0 Å². The van der Waals surface area contributed by atoms with Gasteiger partial charge in [-0.1, -0.05) is 12.1 Å². The van der Waals surface area contributed by atoms with Crippen LogP contribution in [-0.4, -0.2) is 22.4 Å². The molecule has 0 fully saturated rings. The van der Waals surface area contributed by atoms with Crippen LogP contribution in [0.15, 0.2) is 18.2 Å². The molecule has 0 heterocycles. The Labute approximate surface area is 83.2 Å². The SMILES string of the molecule is NCC1(O)CCc2cccc(O)c2C1. The lowest BCUT2D eigenvalue weighted by molar-refractivity contribution is 0.0346. The van der Waals surface area contributed by atoms with Gasteiger partial charge in [0.1, 0.15) is 5.75 Å². The highest BCUT2D eigenvalue weighted by molar-refractivity contribution is 5.42. The Morgan fingerprint density at radius 2 is 2.21 bits per heavy atom. The van der Waals surface area contributed by atoms with E-state index in [1.165, 1.54) is 0 Å². The third-order valence-electron chi connectivity index (χ3n) is 2.99. The van der Waals surface area contributed by atoms with E-state index in [-0.39, 0.29) is 12.3 Å². The second-order valence-corrected chi connectivity index (χ2v) is 4.02. The average molecular weight is 193 g/mol. The molecule has 1 aromatic carbocycles. The maximum atomic E-state index is 10.0. The minimum Gasteiger partial charge on any atom is -0.508 e. The highest BCUT2D eigenvalue weighted by Gasteiger charge is 2.31. The van der Waals surface area contributed by atoms with Gasteiger partial charge in [0.15, 0.2) is 0 Å². The summed E-state index contributed by atoms with van der Waals surface area (Å²) in [6.45, 7) is 0.251. The molecule has 0 aromatic heterocycles. The minimum atomic E-state index is -0.828. The maximum absolute atomic E-state index is 10.0. The highest BCUT2D eigenvalue weighted by Crippen LogP contribution is 2.33. The largest absolute Gasteiger partial charge is 0.508 e. The van der Waals surface area contributed by atoms with Crippen molar-refractivity contribution in [3.63, 3.8) is 0 Å². The number of hydrogen-bond acceptors (Lipinski definition) is 3. The van der Waals surface area contributed by atoms with E-state index < -0.39 is 5.60 Å². The van der Waals surface area contributed by atoms with Gasteiger partial charge in [-0.25, -0.2) is 0 Å². The first kappa shape index (κ1) is 9.49. The van der Waals surface area contributed by atoms with Crippen molar-refractivity contribution in [2.75, 3.05) is 6.54 Å². The first-order valence-electron chi connectivity index (χ1n) is 4.87. The molecule has 1 unspecified atom stereocenters. The van der Waals surface area contributed by atoms with Gasteiger partial charge in [0.2, 0.25) is 0 Å². The molecule has 1 aromatic rings. The smallest absolute Gasteiger partial charge is 0.119 e. The number of aromatic hydroxyl groups is 1. The number of aryl methyl sites for hydroxylation is 1. The summed E-state index contributed by atoms with van der Waals surface area (Å²) >= 11 is 0. The third-order valence-corrected chi connectivity index (χ3v) is 2.99. The summed E-state index contributed by atoms with van der Waals surface area (Å²) in [6.07, 6.45) is 1.93. The standard InChI is InChI=1S/C11H15NO2/c12-7-11(14)5-4-8-2-1-3-10(13)9(8)6-11/h1-3,13-14H,4-7,12H2. The van der Waals surface area contributed by atoms with E-state index in [9.17, 15) is 10.2 Å². The van der Waals surface area contributed by atoms with E-state index in [1.54, 1.807) is 6.07 Å². The monoisotopic (exact) mass is 193 g/mol. The molecule has 0 saturated carbocycles. The molecule has 2 rings (SSSR count). The highest BCUT2D eigenvalue weighted by atomic mass is 16.3. The van der Waals surface area contributed by atoms with Crippen LogP contribution in [0.2, 0.25) is 0 Å². The van der Waals surface area contributed by atoms with Crippen molar-refractivity contribution in [3.05, 3.63) is 29.3 Å². The van der Waals surface area contributed by atoms with Crippen molar-refractivity contribution in [1.29, 1.82) is 0 Å². The number of aliphatic hydroxyl groups is 1. The van der Waals surface area contributed by atoms with Crippen LogP contribution in [0.1, 0.15) is 17.5 Å². The van der Waals surface area contributed by atoms with Crippen LogP contribution in [0.5, 0.6) is 5.75 Å². The van der Waals surface area contributed by atoms with Crippen LogP contribution >= 0.6 is 0 Å². The van der Waals surface area contributed by atoms with E-state index in [0.29, 0.717) is 12.8 Å². The van der Waals surface area contributed by atoms with Crippen LogP contribution in [-0.2, 0) is 12.8 Å². The predicted octanol–water partition coefficient (Wildman–Crippen LogP) is 0.571. The van der Waals surface area contributed by atoms with Crippen molar-refractivity contribution < 1.29 is 10.2 Å². The van der Waals surface area contributed by atoms with Gasteiger partial charge in [-0.05, 0) is 30.0 Å². The first-order chi connectivity index (χ1) is 6.64. The van der Waals surface area contributed by atoms with Gasteiger partial charge in [0, 0.05) is 13.0 Å². The number of nitrogens with two attached hydrogens (primary N) is 1. The number of phenols is 1. The van der Waals surface area contributed by atoms with Crippen LogP contribution in [0, 0.1) is 0 Å². The molecule has 0 bridgehead atoms. The molecule has 0 aliphatic heterocycles. The fourth-order valence-electron chi connectivity index (χ4n) is 2.02. The quantitative estimate of drug-likeness (QED) is 0.611. The van der Waals surface area contributed by atoms with Gasteiger partial charge in [-0.3, -0.25) is 0 Å². The Hall–Kier alpha value is -1.06.